The fourth-order valence-corrected chi connectivity index (χ4v) is 2.82. The molecule has 1 heterocycles. The first-order valence-corrected chi connectivity index (χ1v) is 7.75. The molecule has 1 aromatic rings. The van der Waals surface area contributed by atoms with Gasteiger partial charge in [0.2, 0.25) is 0 Å². The van der Waals surface area contributed by atoms with Crippen molar-refractivity contribution in [1.29, 1.82) is 0 Å². The van der Waals surface area contributed by atoms with Crippen LogP contribution in [0.25, 0.3) is 0 Å². The van der Waals surface area contributed by atoms with Crippen molar-refractivity contribution in [1.82, 2.24) is 10.1 Å². The maximum Gasteiger partial charge on any atom is 0.276 e. The third kappa shape index (κ3) is 3.41. The van der Waals surface area contributed by atoms with Gasteiger partial charge in [0, 0.05) is 25.1 Å². The van der Waals surface area contributed by atoms with Gasteiger partial charge in [-0.3, -0.25) is 4.79 Å². The molecule has 0 aliphatic heterocycles. The Labute approximate surface area is 121 Å². The molecular weight excluding hydrogens is 252 g/mol. The van der Waals surface area contributed by atoms with E-state index in [0.29, 0.717) is 17.5 Å². The number of aromatic nitrogens is 1. The van der Waals surface area contributed by atoms with Crippen molar-refractivity contribution < 1.29 is 9.32 Å². The molecule has 1 aromatic heterocycles. The normalized spacial score (nSPS) is 14.7. The van der Waals surface area contributed by atoms with Gasteiger partial charge in [-0.15, -0.1) is 0 Å². The summed E-state index contributed by atoms with van der Waals surface area (Å²) in [7, 11) is 0. The zero-order valence-electron chi connectivity index (χ0n) is 13.1. The maximum atomic E-state index is 12.8. The Morgan fingerprint density at radius 2 is 1.75 bits per heavy atom. The van der Waals surface area contributed by atoms with E-state index in [0.717, 1.165) is 50.1 Å². The summed E-state index contributed by atoms with van der Waals surface area (Å²) in [5.41, 5.74) is 1.61. The lowest BCUT2D eigenvalue weighted by atomic mass is 9.96. The zero-order chi connectivity index (χ0) is 14.7. The van der Waals surface area contributed by atoms with Crippen LogP contribution in [0.2, 0.25) is 0 Å². The number of carbonyl (C=O) groups is 1. The van der Waals surface area contributed by atoms with E-state index in [4.69, 9.17) is 4.52 Å². The molecule has 20 heavy (non-hydrogen) atoms. The van der Waals surface area contributed by atoms with Crippen molar-refractivity contribution in [3.63, 3.8) is 0 Å². The van der Waals surface area contributed by atoms with E-state index in [1.54, 1.807) is 0 Å². The van der Waals surface area contributed by atoms with E-state index in [2.05, 4.69) is 32.9 Å². The van der Waals surface area contributed by atoms with Gasteiger partial charge in [0.1, 0.15) is 5.76 Å². The molecule has 1 aliphatic rings. The topological polar surface area (TPSA) is 46.3 Å². The van der Waals surface area contributed by atoms with Gasteiger partial charge in [-0.1, -0.05) is 32.9 Å². The largest absolute Gasteiger partial charge is 0.360 e. The third-order valence-corrected chi connectivity index (χ3v) is 3.61. The van der Waals surface area contributed by atoms with Crippen molar-refractivity contribution in [3.05, 3.63) is 17.0 Å². The Kier molecular flexibility index (Phi) is 4.84. The second-order valence-corrected chi connectivity index (χ2v) is 6.64. The summed E-state index contributed by atoms with van der Waals surface area (Å²) < 4.78 is 5.37. The van der Waals surface area contributed by atoms with Gasteiger partial charge in [0.05, 0.1) is 0 Å². The van der Waals surface area contributed by atoms with Crippen LogP contribution in [0.4, 0.5) is 0 Å². The molecule has 4 heteroatoms. The second kappa shape index (κ2) is 6.42. The minimum absolute atomic E-state index is 0.0410. The molecule has 0 spiro atoms. The Bertz CT molecular complexity index is 453. The lowest BCUT2D eigenvalue weighted by molar-refractivity contribution is 0.0703. The van der Waals surface area contributed by atoms with Crippen molar-refractivity contribution in [2.45, 2.75) is 53.4 Å². The quantitative estimate of drug-likeness (QED) is 0.830. The van der Waals surface area contributed by atoms with Crippen LogP contribution < -0.4 is 0 Å². The van der Waals surface area contributed by atoms with Gasteiger partial charge < -0.3 is 9.42 Å². The molecule has 0 aromatic carbocycles. The van der Waals surface area contributed by atoms with Gasteiger partial charge >= 0.3 is 0 Å². The fraction of sp³-hybridized carbons (Fsp3) is 0.750. The maximum absolute atomic E-state index is 12.8. The number of fused-ring (bicyclic) bond motifs is 1. The monoisotopic (exact) mass is 278 g/mol. The molecule has 1 aliphatic carbocycles. The number of hydrogen-bond acceptors (Lipinski definition) is 3. The van der Waals surface area contributed by atoms with Crippen molar-refractivity contribution >= 4 is 5.91 Å². The number of rotatable bonds is 5. The number of aryl methyl sites for hydroxylation is 1. The summed E-state index contributed by atoms with van der Waals surface area (Å²) in [6.07, 6.45) is 4.11. The number of nitrogens with zero attached hydrogens (tertiary/aromatic N) is 2. The average molecular weight is 278 g/mol. The molecule has 112 valence electrons. The lowest BCUT2D eigenvalue weighted by Gasteiger charge is -2.26. The molecule has 0 radical (unpaired) electrons. The van der Waals surface area contributed by atoms with Gasteiger partial charge in [0.25, 0.3) is 5.91 Å². The minimum Gasteiger partial charge on any atom is -0.360 e. The van der Waals surface area contributed by atoms with Crippen LogP contribution in [-0.4, -0.2) is 29.1 Å². The van der Waals surface area contributed by atoms with E-state index in [1.165, 1.54) is 0 Å². The third-order valence-electron chi connectivity index (χ3n) is 3.61. The van der Waals surface area contributed by atoms with Gasteiger partial charge in [-0.05, 0) is 31.1 Å². The molecule has 0 bridgehead atoms. The predicted octanol–water partition coefficient (Wildman–Crippen LogP) is 3.31. The number of hydrogen-bond donors (Lipinski definition) is 0. The highest BCUT2D eigenvalue weighted by Gasteiger charge is 2.27. The van der Waals surface area contributed by atoms with Crippen molar-refractivity contribution in [2.24, 2.45) is 11.8 Å². The van der Waals surface area contributed by atoms with E-state index >= 15 is 0 Å². The van der Waals surface area contributed by atoms with Crippen LogP contribution in [0.1, 0.15) is 62.3 Å². The number of amides is 1. The SMILES string of the molecule is CC(C)CN(CC(C)C)C(=O)c1noc2c1CCCC2. The standard InChI is InChI=1S/C16H26N2O2/c1-11(2)9-18(10-12(3)4)16(19)15-13-7-5-6-8-14(13)20-17-15/h11-12H,5-10H2,1-4H3. The summed E-state index contributed by atoms with van der Waals surface area (Å²) >= 11 is 0. The number of carbonyl (C=O) groups excluding carboxylic acids is 1. The van der Waals surface area contributed by atoms with Gasteiger partial charge in [-0.25, -0.2) is 0 Å². The van der Waals surface area contributed by atoms with E-state index in [-0.39, 0.29) is 5.91 Å². The van der Waals surface area contributed by atoms with Crippen LogP contribution >= 0.6 is 0 Å². The summed E-state index contributed by atoms with van der Waals surface area (Å²) in [5.74, 6) is 1.88. The Balaban J connectivity index is 2.20. The molecule has 2 rings (SSSR count). The van der Waals surface area contributed by atoms with E-state index in [9.17, 15) is 4.79 Å². The average Bonchev–Trinajstić information content (AvgIpc) is 2.79. The Hall–Kier alpha value is -1.32. The van der Waals surface area contributed by atoms with Crippen LogP contribution in [-0.2, 0) is 12.8 Å². The van der Waals surface area contributed by atoms with E-state index < -0.39 is 0 Å². The Morgan fingerprint density at radius 3 is 2.35 bits per heavy atom. The highest BCUT2D eigenvalue weighted by molar-refractivity contribution is 5.94. The second-order valence-electron chi connectivity index (χ2n) is 6.64. The first kappa shape index (κ1) is 15.1. The molecule has 1 amide bonds. The molecule has 0 fully saturated rings. The summed E-state index contributed by atoms with van der Waals surface area (Å²) in [6, 6.07) is 0. The Morgan fingerprint density at radius 1 is 1.15 bits per heavy atom. The lowest BCUT2D eigenvalue weighted by Crippen LogP contribution is -2.37. The van der Waals surface area contributed by atoms with Crippen molar-refractivity contribution in [2.75, 3.05) is 13.1 Å². The van der Waals surface area contributed by atoms with Crippen LogP contribution in [0.5, 0.6) is 0 Å². The molecule has 0 saturated carbocycles. The summed E-state index contributed by atoms with van der Waals surface area (Å²) in [4.78, 5) is 14.7. The first-order chi connectivity index (χ1) is 9.49. The smallest absolute Gasteiger partial charge is 0.276 e. The summed E-state index contributed by atoms with van der Waals surface area (Å²) in [5, 5.41) is 4.07. The molecule has 4 nitrogen and oxygen atoms in total. The highest BCUT2D eigenvalue weighted by Crippen LogP contribution is 2.25. The molecule has 0 N–H and O–H groups in total. The molecule has 0 atom stereocenters. The van der Waals surface area contributed by atoms with Crippen molar-refractivity contribution in [3.8, 4) is 0 Å². The minimum atomic E-state index is 0.0410. The van der Waals surface area contributed by atoms with E-state index in [1.807, 2.05) is 4.90 Å². The molecular formula is C16H26N2O2. The van der Waals surface area contributed by atoms with Gasteiger partial charge in [0.15, 0.2) is 5.69 Å². The van der Waals surface area contributed by atoms with Crippen LogP contribution in [0, 0.1) is 11.8 Å². The predicted molar refractivity (Wildman–Crippen MR) is 78.7 cm³/mol. The highest BCUT2D eigenvalue weighted by atomic mass is 16.5. The summed E-state index contributed by atoms with van der Waals surface area (Å²) in [6.45, 7) is 10.1. The van der Waals surface area contributed by atoms with Gasteiger partial charge in [-0.2, -0.15) is 0 Å². The zero-order valence-corrected chi connectivity index (χ0v) is 13.1. The van der Waals surface area contributed by atoms with Crippen LogP contribution in [0.3, 0.4) is 0 Å². The molecule has 0 unspecified atom stereocenters. The molecule has 0 saturated heterocycles. The van der Waals surface area contributed by atoms with Crippen LogP contribution in [0.15, 0.2) is 4.52 Å². The first-order valence-electron chi connectivity index (χ1n) is 7.75. The fourth-order valence-electron chi connectivity index (χ4n) is 2.82.